The molecule has 10 heteroatoms. The summed E-state index contributed by atoms with van der Waals surface area (Å²) >= 11 is 1.34. The van der Waals surface area contributed by atoms with Gasteiger partial charge >= 0.3 is 6.36 Å². The number of para-hydroxylation sites is 2. The number of carbonyl (C=O) groups excluding carboxylic acids is 1. The van der Waals surface area contributed by atoms with E-state index in [9.17, 15) is 18.0 Å². The Kier molecular flexibility index (Phi) is 6.84. The van der Waals surface area contributed by atoms with Gasteiger partial charge in [-0.2, -0.15) is 0 Å². The zero-order valence-corrected chi connectivity index (χ0v) is 14.4. The van der Waals surface area contributed by atoms with Crippen LogP contribution in [0.4, 0.5) is 18.9 Å². The minimum atomic E-state index is -4.80. The quantitative estimate of drug-likeness (QED) is 0.387. The fraction of sp³-hybridized carbons (Fsp3) is 0.250. The first-order chi connectivity index (χ1) is 12.3. The SMILES string of the molecule is NC(=NCCCNC(=O)c1cccs1)Nc1ccccc1OC(F)(F)F. The lowest BCUT2D eigenvalue weighted by Crippen LogP contribution is -2.26. The van der Waals surface area contributed by atoms with Crippen LogP contribution in [0.5, 0.6) is 5.75 Å². The number of benzene rings is 1. The maximum atomic E-state index is 12.4. The number of amides is 1. The summed E-state index contributed by atoms with van der Waals surface area (Å²) in [6.07, 6.45) is -4.27. The van der Waals surface area contributed by atoms with Gasteiger partial charge in [-0.05, 0) is 30.0 Å². The molecule has 2 rings (SSSR count). The average Bonchev–Trinajstić information content (AvgIpc) is 3.09. The van der Waals surface area contributed by atoms with Crippen LogP contribution in [0.25, 0.3) is 0 Å². The molecule has 0 saturated carbocycles. The summed E-state index contributed by atoms with van der Waals surface area (Å²) in [5.41, 5.74) is 5.73. The Balaban J connectivity index is 1.79. The van der Waals surface area contributed by atoms with Gasteiger partial charge in [0.1, 0.15) is 0 Å². The number of nitrogens with one attached hydrogen (secondary N) is 2. The zero-order valence-electron chi connectivity index (χ0n) is 13.5. The Morgan fingerprint density at radius 3 is 2.69 bits per heavy atom. The van der Waals surface area contributed by atoms with Crippen molar-refractivity contribution in [3.05, 3.63) is 46.7 Å². The molecule has 0 saturated heterocycles. The number of ether oxygens (including phenoxy) is 1. The third kappa shape index (κ3) is 6.63. The third-order valence-electron chi connectivity index (χ3n) is 3.02. The summed E-state index contributed by atoms with van der Waals surface area (Å²) in [5.74, 6) is -0.609. The number of aliphatic imine (C=N–C) groups is 1. The predicted molar refractivity (Wildman–Crippen MR) is 94.5 cm³/mol. The van der Waals surface area contributed by atoms with E-state index in [1.165, 1.54) is 29.5 Å². The molecular formula is C16H17F3N4O2S. The molecular weight excluding hydrogens is 369 g/mol. The van der Waals surface area contributed by atoms with Crippen molar-refractivity contribution in [2.75, 3.05) is 18.4 Å². The summed E-state index contributed by atoms with van der Waals surface area (Å²) in [6.45, 7) is 0.702. The first-order valence-electron chi connectivity index (χ1n) is 7.58. The molecule has 1 aromatic heterocycles. The summed E-state index contributed by atoms with van der Waals surface area (Å²) in [6, 6.07) is 9.03. The number of hydrogen-bond acceptors (Lipinski definition) is 4. The molecule has 140 valence electrons. The van der Waals surface area contributed by atoms with Crippen molar-refractivity contribution < 1.29 is 22.7 Å². The van der Waals surface area contributed by atoms with E-state index >= 15 is 0 Å². The van der Waals surface area contributed by atoms with Gasteiger partial charge < -0.3 is 21.1 Å². The normalized spacial score (nSPS) is 11.9. The van der Waals surface area contributed by atoms with Crippen molar-refractivity contribution >= 4 is 28.9 Å². The van der Waals surface area contributed by atoms with Crippen molar-refractivity contribution in [3.63, 3.8) is 0 Å². The Morgan fingerprint density at radius 2 is 2.00 bits per heavy atom. The standard InChI is InChI=1S/C16H17F3N4O2S/c17-16(18,19)25-12-6-2-1-5-11(12)23-15(20)22-9-4-8-21-14(24)13-7-3-10-26-13/h1-3,5-7,10H,4,8-9H2,(H,21,24)(H3,20,22,23). The number of guanidine groups is 1. The summed E-state index contributed by atoms with van der Waals surface area (Å²) in [7, 11) is 0. The van der Waals surface area contributed by atoms with Crippen molar-refractivity contribution in [1.82, 2.24) is 5.32 Å². The zero-order chi connectivity index (χ0) is 19.0. The lowest BCUT2D eigenvalue weighted by Gasteiger charge is -2.14. The Hall–Kier alpha value is -2.75. The molecule has 0 aliphatic rings. The molecule has 4 N–H and O–H groups in total. The third-order valence-corrected chi connectivity index (χ3v) is 3.89. The predicted octanol–water partition coefficient (Wildman–Crippen LogP) is 3.19. The van der Waals surface area contributed by atoms with Gasteiger partial charge in [0.2, 0.25) is 0 Å². The maximum Gasteiger partial charge on any atom is 0.573 e. The van der Waals surface area contributed by atoms with Crippen LogP contribution in [0.1, 0.15) is 16.1 Å². The highest BCUT2D eigenvalue weighted by Crippen LogP contribution is 2.29. The van der Waals surface area contributed by atoms with Gasteiger partial charge in [0.25, 0.3) is 5.91 Å². The Bertz CT molecular complexity index is 748. The van der Waals surface area contributed by atoms with Crippen molar-refractivity contribution in [2.45, 2.75) is 12.8 Å². The number of carbonyl (C=O) groups is 1. The van der Waals surface area contributed by atoms with Crippen molar-refractivity contribution in [2.24, 2.45) is 10.7 Å². The van der Waals surface area contributed by atoms with Crippen LogP contribution in [0.15, 0.2) is 46.8 Å². The molecule has 0 aliphatic heterocycles. The molecule has 0 bridgehead atoms. The summed E-state index contributed by atoms with van der Waals surface area (Å²) in [5, 5.41) is 7.12. The first-order valence-corrected chi connectivity index (χ1v) is 8.46. The van der Waals surface area contributed by atoms with E-state index in [2.05, 4.69) is 20.4 Å². The molecule has 2 aromatic rings. The molecule has 1 amide bonds. The van der Waals surface area contributed by atoms with Gasteiger partial charge in [-0.1, -0.05) is 18.2 Å². The van der Waals surface area contributed by atoms with E-state index in [1.807, 2.05) is 5.38 Å². The van der Waals surface area contributed by atoms with Crippen LogP contribution >= 0.6 is 11.3 Å². The van der Waals surface area contributed by atoms with Gasteiger partial charge in [-0.15, -0.1) is 24.5 Å². The monoisotopic (exact) mass is 386 g/mol. The minimum Gasteiger partial charge on any atom is -0.404 e. The molecule has 0 fully saturated rings. The van der Waals surface area contributed by atoms with Crippen molar-refractivity contribution in [1.29, 1.82) is 0 Å². The maximum absolute atomic E-state index is 12.4. The summed E-state index contributed by atoms with van der Waals surface area (Å²) in [4.78, 5) is 16.4. The molecule has 1 heterocycles. The second-order valence-corrected chi connectivity index (χ2v) is 5.97. The molecule has 0 spiro atoms. The summed E-state index contributed by atoms with van der Waals surface area (Å²) < 4.78 is 41.0. The number of nitrogens with two attached hydrogens (primary N) is 1. The van der Waals surface area contributed by atoms with Crippen LogP contribution in [-0.4, -0.2) is 31.3 Å². The lowest BCUT2D eigenvalue weighted by atomic mass is 10.3. The van der Waals surface area contributed by atoms with Crippen LogP contribution in [0.3, 0.4) is 0 Å². The van der Waals surface area contributed by atoms with Crippen molar-refractivity contribution in [3.8, 4) is 5.75 Å². The number of rotatable bonds is 7. The highest BCUT2D eigenvalue weighted by molar-refractivity contribution is 7.12. The minimum absolute atomic E-state index is 0.0483. The Labute approximate surface area is 151 Å². The smallest absolute Gasteiger partial charge is 0.404 e. The number of nitrogens with zero attached hydrogens (tertiary/aromatic N) is 1. The highest BCUT2D eigenvalue weighted by Gasteiger charge is 2.32. The van der Waals surface area contributed by atoms with E-state index in [1.54, 1.807) is 18.2 Å². The molecule has 0 unspecified atom stereocenters. The van der Waals surface area contributed by atoms with E-state index < -0.39 is 12.1 Å². The molecule has 1 aromatic carbocycles. The van der Waals surface area contributed by atoms with Gasteiger partial charge in [0, 0.05) is 13.1 Å². The largest absolute Gasteiger partial charge is 0.573 e. The van der Waals surface area contributed by atoms with E-state index in [4.69, 9.17) is 5.73 Å². The van der Waals surface area contributed by atoms with Gasteiger partial charge in [0.05, 0.1) is 10.6 Å². The van der Waals surface area contributed by atoms with Crippen LogP contribution in [-0.2, 0) is 0 Å². The fourth-order valence-corrected chi connectivity index (χ4v) is 2.58. The van der Waals surface area contributed by atoms with Gasteiger partial charge in [-0.25, -0.2) is 0 Å². The van der Waals surface area contributed by atoms with Gasteiger partial charge in [0.15, 0.2) is 11.7 Å². The van der Waals surface area contributed by atoms with E-state index in [0.717, 1.165) is 0 Å². The number of hydrogen-bond donors (Lipinski definition) is 3. The lowest BCUT2D eigenvalue weighted by molar-refractivity contribution is -0.274. The van der Waals surface area contributed by atoms with E-state index in [0.29, 0.717) is 24.4 Å². The highest BCUT2D eigenvalue weighted by atomic mass is 32.1. The number of halogens is 3. The molecule has 6 nitrogen and oxygen atoms in total. The average molecular weight is 386 g/mol. The van der Waals surface area contributed by atoms with Crippen LogP contribution in [0, 0.1) is 0 Å². The van der Waals surface area contributed by atoms with Gasteiger partial charge in [-0.3, -0.25) is 9.79 Å². The fourth-order valence-electron chi connectivity index (χ4n) is 1.94. The topological polar surface area (TPSA) is 88.7 Å². The Morgan fingerprint density at radius 1 is 1.23 bits per heavy atom. The number of thiophene rings is 1. The van der Waals surface area contributed by atoms with Crippen LogP contribution in [0.2, 0.25) is 0 Å². The molecule has 0 atom stereocenters. The molecule has 0 radical (unpaired) electrons. The van der Waals surface area contributed by atoms with E-state index in [-0.39, 0.29) is 17.6 Å². The first kappa shape index (κ1) is 19.6. The number of anilines is 1. The second-order valence-electron chi connectivity index (χ2n) is 5.02. The second kappa shape index (κ2) is 9.09. The van der Waals surface area contributed by atoms with Crippen LogP contribution < -0.4 is 21.1 Å². The molecule has 26 heavy (non-hydrogen) atoms. The number of alkyl halides is 3. The molecule has 0 aliphatic carbocycles.